The van der Waals surface area contributed by atoms with Crippen molar-refractivity contribution in [1.29, 1.82) is 0 Å². The van der Waals surface area contributed by atoms with Gasteiger partial charge in [0.2, 0.25) is 41.0 Å². The van der Waals surface area contributed by atoms with E-state index in [2.05, 4.69) is 21.3 Å². The van der Waals surface area contributed by atoms with Crippen LogP contribution in [0, 0.1) is 12.7 Å². The van der Waals surface area contributed by atoms with E-state index in [1.807, 2.05) is 0 Å². The number of ether oxygens (including phenoxy) is 2. The average molecular weight is 964 g/mol. The van der Waals surface area contributed by atoms with Gasteiger partial charge in [-0.15, -0.1) is 0 Å². The van der Waals surface area contributed by atoms with Crippen LogP contribution in [0.15, 0.2) is 47.3 Å². The molecule has 2 aromatic heterocycles. The number of halogens is 4. The zero-order valence-electron chi connectivity index (χ0n) is 37.0. The Morgan fingerprint density at radius 1 is 0.971 bits per heavy atom. The van der Waals surface area contributed by atoms with Crippen molar-refractivity contribution in [2.45, 2.75) is 76.5 Å². The number of nitrogens with zero attached hydrogens (tertiary/aromatic N) is 3. The summed E-state index contributed by atoms with van der Waals surface area (Å²) in [7, 11) is 0. The highest BCUT2D eigenvalue weighted by molar-refractivity contribution is 5.96. The first-order chi connectivity index (χ1) is 32.7. The molecule has 2 aromatic carbocycles. The highest BCUT2D eigenvalue weighted by atomic mass is 19.4. The second-order valence-electron chi connectivity index (χ2n) is 16.5. The van der Waals surface area contributed by atoms with Crippen LogP contribution < -0.4 is 38.3 Å². The fourth-order valence-corrected chi connectivity index (χ4v) is 8.94. The second-order valence-corrected chi connectivity index (χ2v) is 16.5. The van der Waals surface area contributed by atoms with Gasteiger partial charge in [0.25, 0.3) is 5.56 Å². The molecule has 0 unspecified atom stereocenters. The lowest BCUT2D eigenvalue weighted by molar-refractivity contribution is -0.223. The fraction of sp³-hybridized carbons (Fsp3) is 0.378. The predicted octanol–water partition coefficient (Wildman–Crippen LogP) is -0.0237. The van der Waals surface area contributed by atoms with Crippen molar-refractivity contribution in [3.05, 3.63) is 97.6 Å². The number of carbonyl (C=O) groups excluding carboxylic acids is 8. The van der Waals surface area contributed by atoms with E-state index in [4.69, 9.17) is 25.9 Å². The Balaban J connectivity index is 1.18. The molecule has 8 N–H and O–H groups in total. The molecule has 0 radical (unpaired) electrons. The standard InChI is InChI=1S/C45H45F4N9O11/c1-3-44(69-43(67)45(47,48)49)26-12-31-39-24(18-58(31)41(65)25(26)20-68-42(44)66)38-30(10-9-23-21(2)27(46)13-28(56-39)37(23)38)57(19-32(51)59)36(63)17-53-34(61)15-54-40(64)29(11-22-7-5-4-6-8-22)55-35(62)16-52-33(60)14-50/h4-8,12-13,29-30H,3,9-11,14-20,50H2,1-2H3,(H2,51,59)(H,52,60)(H,53,61)(H,54,64)(H,55,62)/t29-,30-,44-/m0/s1. The van der Waals surface area contributed by atoms with Crippen molar-refractivity contribution in [3.63, 3.8) is 0 Å². The molecule has 24 heteroatoms. The van der Waals surface area contributed by atoms with Crippen LogP contribution in [0.4, 0.5) is 17.6 Å². The molecule has 364 valence electrons. The van der Waals surface area contributed by atoms with Crippen molar-refractivity contribution < 1.29 is 65.4 Å². The smallest absolute Gasteiger partial charge is 0.457 e. The van der Waals surface area contributed by atoms with E-state index < -0.39 is 122 Å². The number of hydrogen-bond donors (Lipinski definition) is 6. The summed E-state index contributed by atoms with van der Waals surface area (Å²) >= 11 is 0. The molecule has 3 atom stereocenters. The summed E-state index contributed by atoms with van der Waals surface area (Å²) in [5, 5.41) is 10.0. The van der Waals surface area contributed by atoms with Crippen LogP contribution in [-0.2, 0) is 79.4 Å². The summed E-state index contributed by atoms with van der Waals surface area (Å²) in [5.74, 6) is -9.44. The highest BCUT2D eigenvalue weighted by Crippen LogP contribution is 2.48. The van der Waals surface area contributed by atoms with Crippen molar-refractivity contribution in [2.24, 2.45) is 11.5 Å². The second kappa shape index (κ2) is 19.5. The number of amides is 6. The average Bonchev–Trinajstić information content (AvgIpc) is 3.69. The van der Waals surface area contributed by atoms with E-state index >= 15 is 4.39 Å². The molecule has 0 saturated carbocycles. The zero-order chi connectivity index (χ0) is 50.1. The van der Waals surface area contributed by atoms with Gasteiger partial charge in [-0.2, -0.15) is 13.2 Å². The van der Waals surface area contributed by atoms with Gasteiger partial charge in [0, 0.05) is 29.0 Å². The maximum absolute atomic E-state index is 15.6. The topological polar surface area (TPSA) is 293 Å². The summed E-state index contributed by atoms with van der Waals surface area (Å²) in [4.78, 5) is 123. The molecular formula is C45H45F4N9O11. The number of alkyl halides is 3. The van der Waals surface area contributed by atoms with Crippen molar-refractivity contribution >= 4 is 58.3 Å². The lowest BCUT2D eigenvalue weighted by Gasteiger charge is -2.37. The first-order valence-corrected chi connectivity index (χ1v) is 21.5. The van der Waals surface area contributed by atoms with Crippen LogP contribution >= 0.6 is 0 Å². The van der Waals surface area contributed by atoms with E-state index in [0.29, 0.717) is 27.6 Å². The summed E-state index contributed by atoms with van der Waals surface area (Å²) in [6.45, 7) is -1.08. The summed E-state index contributed by atoms with van der Waals surface area (Å²) in [6, 6.07) is 8.68. The van der Waals surface area contributed by atoms with Gasteiger partial charge in [-0.3, -0.25) is 33.6 Å². The normalized spacial score (nSPS) is 17.0. The van der Waals surface area contributed by atoms with Crippen LogP contribution in [0.3, 0.4) is 0 Å². The number of aromatic nitrogens is 2. The van der Waals surface area contributed by atoms with Gasteiger partial charge in [-0.1, -0.05) is 37.3 Å². The monoisotopic (exact) mass is 963 g/mol. The third-order valence-electron chi connectivity index (χ3n) is 12.3. The van der Waals surface area contributed by atoms with Gasteiger partial charge in [0.1, 0.15) is 18.5 Å². The molecule has 3 aliphatic rings. The molecule has 4 heterocycles. The molecule has 0 fully saturated rings. The molecule has 1 aliphatic carbocycles. The largest absolute Gasteiger partial charge is 0.490 e. The third-order valence-corrected chi connectivity index (χ3v) is 12.3. The van der Waals surface area contributed by atoms with E-state index in [9.17, 15) is 56.3 Å². The third kappa shape index (κ3) is 9.69. The van der Waals surface area contributed by atoms with Crippen LogP contribution in [-0.4, -0.2) is 107 Å². The quantitative estimate of drug-likeness (QED) is 0.0561. The van der Waals surface area contributed by atoms with Gasteiger partial charge in [0.05, 0.1) is 67.8 Å². The Morgan fingerprint density at radius 3 is 2.33 bits per heavy atom. The number of primary amides is 1. The van der Waals surface area contributed by atoms with Crippen LogP contribution in [0.2, 0.25) is 0 Å². The minimum atomic E-state index is -5.52. The van der Waals surface area contributed by atoms with Crippen molar-refractivity contribution in [2.75, 3.05) is 32.7 Å². The summed E-state index contributed by atoms with van der Waals surface area (Å²) in [6.07, 6.45) is -5.87. The SMILES string of the molecule is CC[C@@]1(OC(=O)C(F)(F)F)C(=O)OCc2c1cc1n(c2=O)Cc2c-1nc1cc(F)c(C)c3c1c2[C@@H](N(CC(N)=O)C(=O)CNC(=O)CNC(=O)[C@H](Cc1ccccc1)NC(=O)CNC(=O)CN)CC3. The molecule has 6 amide bonds. The fourth-order valence-electron chi connectivity index (χ4n) is 8.94. The first kappa shape index (κ1) is 49.2. The van der Waals surface area contributed by atoms with E-state index in [1.165, 1.54) is 17.6 Å². The maximum atomic E-state index is 15.6. The van der Waals surface area contributed by atoms with Gasteiger partial charge in [-0.25, -0.2) is 19.0 Å². The van der Waals surface area contributed by atoms with E-state index in [0.717, 1.165) is 11.0 Å². The van der Waals surface area contributed by atoms with Gasteiger partial charge < -0.3 is 51.7 Å². The first-order valence-electron chi connectivity index (χ1n) is 21.5. The molecular weight excluding hydrogens is 919 g/mol. The number of rotatable bonds is 16. The number of fused-ring (bicyclic) bond motifs is 5. The number of esters is 2. The van der Waals surface area contributed by atoms with E-state index in [1.54, 1.807) is 37.3 Å². The molecule has 2 aliphatic heterocycles. The molecule has 0 bridgehead atoms. The van der Waals surface area contributed by atoms with E-state index in [-0.39, 0.29) is 65.9 Å². The Bertz CT molecular complexity index is 2890. The Kier molecular flexibility index (Phi) is 13.9. The molecule has 20 nitrogen and oxygen atoms in total. The highest BCUT2D eigenvalue weighted by Gasteiger charge is 2.55. The number of benzene rings is 2. The molecule has 4 aromatic rings. The number of pyridine rings is 2. The number of hydrogen-bond acceptors (Lipinski definition) is 13. The van der Waals surface area contributed by atoms with Gasteiger partial charge >= 0.3 is 18.1 Å². The van der Waals surface area contributed by atoms with Crippen LogP contribution in [0.5, 0.6) is 0 Å². The van der Waals surface area contributed by atoms with Gasteiger partial charge in [-0.05, 0) is 54.5 Å². The van der Waals surface area contributed by atoms with Gasteiger partial charge in [0.15, 0.2) is 0 Å². The number of carbonyl (C=O) groups is 8. The Labute approximate surface area is 388 Å². The maximum Gasteiger partial charge on any atom is 0.490 e. The number of cyclic esters (lactones) is 1. The number of nitrogens with two attached hydrogens (primary N) is 2. The van der Waals surface area contributed by atoms with Crippen LogP contribution in [0.1, 0.15) is 64.8 Å². The molecule has 0 spiro atoms. The van der Waals surface area contributed by atoms with Crippen molar-refractivity contribution in [3.8, 4) is 11.4 Å². The van der Waals surface area contributed by atoms with Crippen molar-refractivity contribution in [1.82, 2.24) is 35.7 Å². The minimum Gasteiger partial charge on any atom is -0.457 e. The molecule has 7 rings (SSSR count). The minimum absolute atomic E-state index is 0.00112. The Morgan fingerprint density at radius 2 is 1.67 bits per heavy atom. The number of aryl methyl sites for hydroxylation is 1. The van der Waals surface area contributed by atoms with Crippen LogP contribution in [0.25, 0.3) is 22.3 Å². The molecule has 69 heavy (non-hydrogen) atoms. The summed E-state index contributed by atoms with van der Waals surface area (Å²) < 4.78 is 67.4. The lowest BCUT2D eigenvalue weighted by atomic mass is 9.81. The summed E-state index contributed by atoms with van der Waals surface area (Å²) in [5.41, 5.74) is 8.86. The lowest BCUT2D eigenvalue weighted by Crippen LogP contribution is -2.52. The predicted molar refractivity (Wildman–Crippen MR) is 231 cm³/mol. The number of nitrogens with one attached hydrogen (secondary N) is 4. The molecule has 0 saturated heterocycles. The zero-order valence-corrected chi connectivity index (χ0v) is 37.0. The Hall–Kier alpha value is -7.76.